The maximum atomic E-state index is 5.86. The Morgan fingerprint density at radius 2 is 2.13 bits per heavy atom. The van der Waals surface area contributed by atoms with E-state index in [0.717, 1.165) is 20.8 Å². The summed E-state index contributed by atoms with van der Waals surface area (Å²) in [5, 5.41) is 2.10. The molecule has 0 saturated heterocycles. The van der Waals surface area contributed by atoms with E-state index in [1.165, 1.54) is 4.88 Å². The van der Waals surface area contributed by atoms with Crippen molar-refractivity contribution in [3.63, 3.8) is 0 Å². The van der Waals surface area contributed by atoms with Gasteiger partial charge < -0.3 is 5.73 Å². The van der Waals surface area contributed by atoms with Crippen LogP contribution in [0.3, 0.4) is 0 Å². The molecule has 78 valence electrons. The molecule has 0 fully saturated rings. The first kappa shape index (κ1) is 11.0. The molecule has 0 unspecified atom stereocenters. The van der Waals surface area contributed by atoms with Crippen molar-refractivity contribution in [2.24, 2.45) is 0 Å². The molecular formula is C11H10BrNS2. The number of thiophene rings is 1. The molecule has 0 atom stereocenters. The molecule has 0 radical (unpaired) electrons. The lowest BCUT2D eigenvalue weighted by Crippen LogP contribution is -1.87. The molecule has 0 spiro atoms. The number of nitrogen functional groups attached to an aromatic ring is 1. The molecule has 0 aliphatic heterocycles. The van der Waals surface area contributed by atoms with Gasteiger partial charge >= 0.3 is 0 Å². The molecule has 1 aromatic carbocycles. The molecule has 1 aromatic heterocycles. The molecular weight excluding hydrogens is 290 g/mol. The Morgan fingerprint density at radius 3 is 2.80 bits per heavy atom. The standard InChI is InChI=1S/C11H10BrNS2/c12-8-5-9(14-6-8)7-15-11-4-2-1-3-10(11)13/h1-6H,7,13H2. The monoisotopic (exact) mass is 299 g/mol. The molecule has 2 N–H and O–H groups in total. The molecule has 15 heavy (non-hydrogen) atoms. The fourth-order valence-corrected chi connectivity index (χ4v) is 3.67. The van der Waals surface area contributed by atoms with Crippen molar-refractivity contribution in [2.75, 3.05) is 5.73 Å². The molecule has 1 nitrogen and oxygen atoms in total. The first-order valence-electron chi connectivity index (χ1n) is 4.46. The van der Waals surface area contributed by atoms with Crippen molar-refractivity contribution in [3.05, 3.63) is 45.1 Å². The van der Waals surface area contributed by atoms with Crippen molar-refractivity contribution in [1.82, 2.24) is 0 Å². The number of nitrogens with two attached hydrogens (primary N) is 1. The van der Waals surface area contributed by atoms with Crippen LogP contribution in [0.2, 0.25) is 0 Å². The molecule has 0 aliphatic carbocycles. The van der Waals surface area contributed by atoms with Gasteiger partial charge in [-0.1, -0.05) is 12.1 Å². The summed E-state index contributed by atoms with van der Waals surface area (Å²) in [6, 6.07) is 10.1. The number of thioether (sulfide) groups is 1. The van der Waals surface area contributed by atoms with E-state index >= 15 is 0 Å². The van der Waals surface area contributed by atoms with Crippen molar-refractivity contribution < 1.29 is 0 Å². The van der Waals surface area contributed by atoms with Crippen LogP contribution in [0.5, 0.6) is 0 Å². The lowest BCUT2D eigenvalue weighted by Gasteiger charge is -2.02. The third-order valence-electron chi connectivity index (χ3n) is 1.91. The summed E-state index contributed by atoms with van der Waals surface area (Å²) in [7, 11) is 0. The van der Waals surface area contributed by atoms with Crippen LogP contribution >= 0.6 is 39.0 Å². The zero-order valence-corrected chi connectivity index (χ0v) is 11.2. The number of hydrogen-bond donors (Lipinski definition) is 1. The van der Waals surface area contributed by atoms with Crippen LogP contribution < -0.4 is 5.73 Å². The Kier molecular flexibility index (Phi) is 3.72. The van der Waals surface area contributed by atoms with E-state index in [1.807, 2.05) is 18.2 Å². The number of anilines is 1. The molecule has 0 saturated carbocycles. The topological polar surface area (TPSA) is 26.0 Å². The maximum Gasteiger partial charge on any atom is 0.0452 e. The zero-order valence-electron chi connectivity index (χ0n) is 7.94. The van der Waals surface area contributed by atoms with Crippen LogP contribution in [0.25, 0.3) is 0 Å². The van der Waals surface area contributed by atoms with Gasteiger partial charge in [0.05, 0.1) is 0 Å². The average Bonchev–Trinajstić information content (AvgIpc) is 2.63. The van der Waals surface area contributed by atoms with Crippen LogP contribution in [0.15, 0.2) is 45.1 Å². The van der Waals surface area contributed by atoms with Crippen molar-refractivity contribution in [2.45, 2.75) is 10.6 Å². The molecule has 2 aromatic rings. The Balaban J connectivity index is 2.02. The van der Waals surface area contributed by atoms with Crippen LogP contribution in [-0.4, -0.2) is 0 Å². The Morgan fingerprint density at radius 1 is 1.33 bits per heavy atom. The van der Waals surface area contributed by atoms with Gasteiger partial charge in [-0.3, -0.25) is 0 Å². The van der Waals surface area contributed by atoms with Crippen molar-refractivity contribution in [3.8, 4) is 0 Å². The minimum Gasteiger partial charge on any atom is -0.398 e. The fraction of sp³-hybridized carbons (Fsp3) is 0.0909. The van der Waals surface area contributed by atoms with Gasteiger partial charge in [-0.2, -0.15) is 0 Å². The minimum absolute atomic E-state index is 0.859. The van der Waals surface area contributed by atoms with Crippen molar-refractivity contribution >= 4 is 44.7 Å². The number of benzene rings is 1. The van der Waals surface area contributed by atoms with Gasteiger partial charge in [0.15, 0.2) is 0 Å². The second kappa shape index (κ2) is 5.05. The first-order valence-corrected chi connectivity index (χ1v) is 7.12. The van der Waals surface area contributed by atoms with E-state index in [1.54, 1.807) is 23.1 Å². The number of halogens is 1. The molecule has 0 amide bonds. The summed E-state index contributed by atoms with van der Waals surface area (Å²) in [6.07, 6.45) is 0. The Bertz CT molecular complexity index is 453. The van der Waals surface area contributed by atoms with Gasteiger partial charge in [0.25, 0.3) is 0 Å². The molecule has 0 aliphatic rings. The van der Waals surface area contributed by atoms with Gasteiger partial charge in [0.2, 0.25) is 0 Å². The molecule has 2 rings (SSSR count). The number of rotatable bonds is 3. The summed E-state index contributed by atoms with van der Waals surface area (Å²) < 4.78 is 1.16. The van der Waals surface area contributed by atoms with E-state index in [9.17, 15) is 0 Å². The molecule has 0 bridgehead atoms. The highest BCUT2D eigenvalue weighted by Gasteiger charge is 2.01. The normalized spacial score (nSPS) is 10.5. The van der Waals surface area contributed by atoms with Crippen LogP contribution in [0, 0.1) is 0 Å². The quantitative estimate of drug-likeness (QED) is 0.672. The first-order chi connectivity index (χ1) is 7.25. The van der Waals surface area contributed by atoms with E-state index in [0.29, 0.717) is 0 Å². The highest BCUT2D eigenvalue weighted by atomic mass is 79.9. The van der Waals surface area contributed by atoms with Gasteiger partial charge in [0, 0.05) is 31.1 Å². The van der Waals surface area contributed by atoms with Gasteiger partial charge in [-0.05, 0) is 34.1 Å². The summed E-state index contributed by atoms with van der Waals surface area (Å²) in [4.78, 5) is 2.51. The summed E-state index contributed by atoms with van der Waals surface area (Å²) in [5.74, 6) is 0.977. The highest BCUT2D eigenvalue weighted by molar-refractivity contribution is 9.10. The van der Waals surface area contributed by atoms with E-state index in [-0.39, 0.29) is 0 Å². The second-order valence-corrected chi connectivity index (χ2v) is 5.99. The zero-order chi connectivity index (χ0) is 10.7. The molecule has 1 heterocycles. The maximum absolute atomic E-state index is 5.86. The lowest BCUT2D eigenvalue weighted by atomic mass is 10.3. The van der Waals surface area contributed by atoms with E-state index < -0.39 is 0 Å². The molecule has 4 heteroatoms. The SMILES string of the molecule is Nc1ccccc1SCc1cc(Br)cs1. The largest absolute Gasteiger partial charge is 0.398 e. The van der Waals surface area contributed by atoms with Crippen LogP contribution in [0.1, 0.15) is 4.88 Å². The smallest absolute Gasteiger partial charge is 0.0452 e. The summed E-state index contributed by atoms with van der Waals surface area (Å²) in [5.41, 5.74) is 6.72. The summed E-state index contributed by atoms with van der Waals surface area (Å²) in [6.45, 7) is 0. The van der Waals surface area contributed by atoms with E-state index in [4.69, 9.17) is 5.73 Å². The van der Waals surface area contributed by atoms with E-state index in [2.05, 4.69) is 33.4 Å². The highest BCUT2D eigenvalue weighted by Crippen LogP contribution is 2.30. The van der Waals surface area contributed by atoms with Gasteiger partial charge in [0.1, 0.15) is 0 Å². The minimum atomic E-state index is 0.859. The van der Waals surface area contributed by atoms with Gasteiger partial charge in [-0.15, -0.1) is 23.1 Å². The predicted molar refractivity (Wildman–Crippen MR) is 72.4 cm³/mol. The average molecular weight is 300 g/mol. The third-order valence-corrected chi connectivity index (χ3v) is 4.93. The third kappa shape index (κ3) is 3.00. The number of para-hydroxylation sites is 1. The van der Waals surface area contributed by atoms with Crippen LogP contribution in [0.4, 0.5) is 5.69 Å². The Labute approximate surface area is 106 Å². The Hall–Kier alpha value is -0.450. The second-order valence-electron chi connectivity index (χ2n) is 3.06. The summed E-state index contributed by atoms with van der Waals surface area (Å²) >= 11 is 6.99. The lowest BCUT2D eigenvalue weighted by molar-refractivity contribution is 1.43. The predicted octanol–water partition coefficient (Wildman–Crippen LogP) is 4.39. The van der Waals surface area contributed by atoms with Gasteiger partial charge in [-0.25, -0.2) is 0 Å². The number of hydrogen-bond acceptors (Lipinski definition) is 3. The fourth-order valence-electron chi connectivity index (χ4n) is 1.19. The van der Waals surface area contributed by atoms with Crippen LogP contribution in [-0.2, 0) is 5.75 Å². The van der Waals surface area contributed by atoms with Crippen molar-refractivity contribution in [1.29, 1.82) is 0 Å².